The number of ether oxygens (including phenoxy) is 6. The third-order valence-electron chi connectivity index (χ3n) is 6.70. The maximum absolute atomic E-state index is 14.3. The van der Waals surface area contributed by atoms with E-state index < -0.39 is 11.5 Å². The standard InChI is InChI=1S/C29H28N6O8/c1-38-20-12-18-19(13-21(20)43-14-24-31-33-34-32-24)28(36)35(17-8-6-16(30)7-9-17)26(29(37)42-5)25(18)15-10-22(39-2)27(41-4)23(11-15)40-3/h6-13H,14,30H2,1-5H3,(H,31,32,33,34). The molecule has 14 heteroatoms. The summed E-state index contributed by atoms with van der Waals surface area (Å²) < 4.78 is 34.7. The van der Waals surface area contributed by atoms with Crippen molar-refractivity contribution in [1.82, 2.24) is 25.2 Å². The largest absolute Gasteiger partial charge is 0.493 e. The fourth-order valence-corrected chi connectivity index (χ4v) is 4.74. The van der Waals surface area contributed by atoms with Crippen molar-refractivity contribution in [2.75, 3.05) is 41.3 Å². The zero-order valence-electron chi connectivity index (χ0n) is 24.0. The van der Waals surface area contributed by atoms with Crippen LogP contribution < -0.4 is 35.0 Å². The Labute approximate surface area is 244 Å². The zero-order chi connectivity index (χ0) is 30.7. The van der Waals surface area contributed by atoms with Crippen LogP contribution in [0.1, 0.15) is 16.3 Å². The number of hydrogen-bond donors (Lipinski definition) is 2. The van der Waals surface area contributed by atoms with Gasteiger partial charge in [-0.25, -0.2) is 4.79 Å². The quantitative estimate of drug-likeness (QED) is 0.180. The molecule has 0 unspecified atom stereocenters. The summed E-state index contributed by atoms with van der Waals surface area (Å²) in [6.45, 7) is -0.0511. The number of nitrogens with two attached hydrogens (primary N) is 1. The van der Waals surface area contributed by atoms with Gasteiger partial charge >= 0.3 is 5.97 Å². The second-order valence-electron chi connectivity index (χ2n) is 9.03. The number of esters is 1. The van der Waals surface area contributed by atoms with Gasteiger partial charge < -0.3 is 34.2 Å². The Morgan fingerprint density at radius 2 is 1.51 bits per heavy atom. The predicted octanol–water partition coefficient (Wildman–Crippen LogP) is 3.15. The van der Waals surface area contributed by atoms with Crippen LogP contribution in [0.3, 0.4) is 0 Å². The van der Waals surface area contributed by atoms with Crippen LogP contribution in [0.4, 0.5) is 5.69 Å². The number of benzene rings is 3. The van der Waals surface area contributed by atoms with Gasteiger partial charge in [0.25, 0.3) is 5.56 Å². The number of nitrogens with zero attached hydrogens (tertiary/aromatic N) is 4. The number of H-pyrrole nitrogens is 1. The Morgan fingerprint density at radius 3 is 2.07 bits per heavy atom. The van der Waals surface area contributed by atoms with Gasteiger partial charge in [-0.2, -0.15) is 5.21 Å². The van der Waals surface area contributed by atoms with Gasteiger partial charge in [-0.15, -0.1) is 10.2 Å². The van der Waals surface area contributed by atoms with Crippen molar-refractivity contribution in [2.45, 2.75) is 6.61 Å². The Morgan fingerprint density at radius 1 is 0.860 bits per heavy atom. The first-order valence-corrected chi connectivity index (χ1v) is 12.8. The highest BCUT2D eigenvalue weighted by atomic mass is 16.5. The summed E-state index contributed by atoms with van der Waals surface area (Å²) in [4.78, 5) is 27.9. The van der Waals surface area contributed by atoms with Crippen molar-refractivity contribution in [3.8, 4) is 45.6 Å². The highest BCUT2D eigenvalue weighted by Gasteiger charge is 2.28. The van der Waals surface area contributed by atoms with E-state index in [1.165, 1.54) is 46.2 Å². The summed E-state index contributed by atoms with van der Waals surface area (Å²) in [6.07, 6.45) is 0. The fourth-order valence-electron chi connectivity index (χ4n) is 4.74. The Balaban J connectivity index is 1.92. The van der Waals surface area contributed by atoms with Crippen molar-refractivity contribution in [3.63, 3.8) is 0 Å². The van der Waals surface area contributed by atoms with E-state index in [9.17, 15) is 9.59 Å². The molecular formula is C29H28N6O8. The molecule has 0 bridgehead atoms. The number of aromatic nitrogens is 5. The predicted molar refractivity (Wildman–Crippen MR) is 155 cm³/mol. The summed E-state index contributed by atoms with van der Waals surface area (Å²) >= 11 is 0. The Hall–Kier alpha value is -5.79. The molecule has 0 saturated heterocycles. The number of hydrogen-bond acceptors (Lipinski definition) is 12. The summed E-state index contributed by atoms with van der Waals surface area (Å²) in [5.41, 5.74) is 7.00. The average Bonchev–Trinajstić information content (AvgIpc) is 3.56. The minimum atomic E-state index is -0.768. The van der Waals surface area contributed by atoms with E-state index in [4.69, 9.17) is 34.2 Å². The number of pyridine rings is 1. The van der Waals surface area contributed by atoms with Gasteiger partial charge in [0.15, 0.2) is 29.6 Å². The minimum Gasteiger partial charge on any atom is -0.493 e. The van der Waals surface area contributed by atoms with Crippen LogP contribution in [0.15, 0.2) is 53.3 Å². The first kappa shape index (κ1) is 28.7. The monoisotopic (exact) mass is 588 g/mol. The topological polar surface area (TPSA) is 175 Å². The molecule has 3 N–H and O–H groups in total. The summed E-state index contributed by atoms with van der Waals surface area (Å²) in [6, 6.07) is 13.0. The lowest BCUT2D eigenvalue weighted by Crippen LogP contribution is -2.27. The highest BCUT2D eigenvalue weighted by molar-refractivity contribution is 6.08. The molecule has 0 radical (unpaired) electrons. The van der Waals surface area contributed by atoms with Crippen molar-refractivity contribution < 1.29 is 33.2 Å². The van der Waals surface area contributed by atoms with Crippen LogP contribution in [0.5, 0.6) is 28.7 Å². The molecule has 222 valence electrons. The van der Waals surface area contributed by atoms with E-state index in [0.717, 1.165) is 0 Å². The molecule has 43 heavy (non-hydrogen) atoms. The second-order valence-corrected chi connectivity index (χ2v) is 9.03. The molecule has 2 aromatic heterocycles. The van der Waals surface area contributed by atoms with Crippen LogP contribution in [0.25, 0.3) is 27.6 Å². The van der Waals surface area contributed by atoms with E-state index in [1.54, 1.807) is 42.5 Å². The maximum atomic E-state index is 14.3. The number of carbonyl (C=O) groups is 1. The molecular weight excluding hydrogens is 560 g/mol. The highest BCUT2D eigenvalue weighted by Crippen LogP contribution is 2.45. The third kappa shape index (κ3) is 5.21. The van der Waals surface area contributed by atoms with Crippen molar-refractivity contribution >= 4 is 22.4 Å². The van der Waals surface area contributed by atoms with Gasteiger partial charge in [-0.3, -0.25) is 9.36 Å². The molecule has 0 atom stereocenters. The molecule has 3 aromatic carbocycles. The van der Waals surface area contributed by atoms with E-state index in [0.29, 0.717) is 51.0 Å². The molecule has 0 aliphatic rings. The van der Waals surface area contributed by atoms with Crippen LogP contribution in [-0.2, 0) is 11.3 Å². The molecule has 0 aliphatic carbocycles. The van der Waals surface area contributed by atoms with Gasteiger partial charge in [0.2, 0.25) is 11.6 Å². The Bertz CT molecular complexity index is 1830. The molecule has 14 nitrogen and oxygen atoms in total. The molecule has 0 aliphatic heterocycles. The van der Waals surface area contributed by atoms with Gasteiger partial charge in [0.1, 0.15) is 5.69 Å². The van der Waals surface area contributed by atoms with Crippen molar-refractivity contribution in [1.29, 1.82) is 0 Å². The fraction of sp³-hybridized carbons (Fsp3) is 0.207. The van der Waals surface area contributed by atoms with Gasteiger partial charge in [-0.1, -0.05) is 5.21 Å². The zero-order valence-corrected chi connectivity index (χ0v) is 24.0. The molecule has 0 fully saturated rings. The lowest BCUT2D eigenvalue weighted by Gasteiger charge is -2.21. The number of methoxy groups -OCH3 is 5. The van der Waals surface area contributed by atoms with E-state index >= 15 is 0 Å². The van der Waals surface area contributed by atoms with E-state index in [-0.39, 0.29) is 29.2 Å². The normalized spacial score (nSPS) is 10.8. The molecule has 0 saturated carbocycles. The smallest absolute Gasteiger partial charge is 0.355 e. The number of rotatable bonds is 10. The summed E-state index contributed by atoms with van der Waals surface area (Å²) in [5.74, 6) is 1.06. The van der Waals surface area contributed by atoms with Crippen molar-refractivity contribution in [3.05, 3.63) is 70.4 Å². The lowest BCUT2D eigenvalue weighted by atomic mass is 9.95. The average molecular weight is 589 g/mol. The third-order valence-corrected chi connectivity index (χ3v) is 6.70. The number of aromatic amines is 1. The van der Waals surface area contributed by atoms with Crippen LogP contribution >= 0.6 is 0 Å². The lowest BCUT2D eigenvalue weighted by molar-refractivity contribution is 0.0591. The number of carbonyl (C=O) groups excluding carboxylic acids is 1. The molecule has 2 heterocycles. The van der Waals surface area contributed by atoms with Gasteiger partial charge in [-0.05, 0) is 54.1 Å². The summed E-state index contributed by atoms with van der Waals surface area (Å²) in [5, 5.41) is 14.3. The van der Waals surface area contributed by atoms with Crippen LogP contribution in [0, 0.1) is 0 Å². The first-order valence-electron chi connectivity index (χ1n) is 12.8. The number of nitrogens with one attached hydrogen (secondary N) is 1. The Kier molecular flexibility index (Phi) is 8.00. The van der Waals surface area contributed by atoms with Crippen LogP contribution in [-0.4, -0.2) is 66.7 Å². The number of nitrogen functional groups attached to an aromatic ring is 1. The maximum Gasteiger partial charge on any atom is 0.355 e. The molecule has 0 spiro atoms. The van der Waals surface area contributed by atoms with Crippen LogP contribution in [0.2, 0.25) is 0 Å². The minimum absolute atomic E-state index is 0.0511. The van der Waals surface area contributed by atoms with E-state index in [2.05, 4.69) is 20.6 Å². The molecule has 5 aromatic rings. The number of anilines is 1. The first-order chi connectivity index (χ1) is 20.8. The number of tetrazole rings is 1. The number of fused-ring (bicyclic) bond motifs is 1. The summed E-state index contributed by atoms with van der Waals surface area (Å²) in [7, 11) is 7.13. The SMILES string of the molecule is COC(=O)c1c(-c2cc(OC)c(OC)c(OC)c2)c2cc(OC)c(OCc3nn[nH]n3)cc2c(=O)n1-c1ccc(N)cc1. The van der Waals surface area contributed by atoms with Gasteiger partial charge in [0.05, 0.1) is 40.9 Å². The van der Waals surface area contributed by atoms with Crippen molar-refractivity contribution in [2.24, 2.45) is 0 Å². The molecule has 0 amide bonds. The van der Waals surface area contributed by atoms with E-state index in [1.807, 2.05) is 0 Å². The second kappa shape index (κ2) is 12.0. The molecule has 5 rings (SSSR count). The van der Waals surface area contributed by atoms with Gasteiger partial charge in [0, 0.05) is 22.3 Å².